The lowest BCUT2D eigenvalue weighted by molar-refractivity contribution is 0.0600. The number of nitrogens with zero attached hydrogens (tertiary/aromatic N) is 3. The molecule has 142 valence electrons. The van der Waals surface area contributed by atoms with E-state index in [0.29, 0.717) is 5.56 Å². The summed E-state index contributed by atoms with van der Waals surface area (Å²) in [6, 6.07) is 17.7. The van der Waals surface area contributed by atoms with Gasteiger partial charge in [-0.05, 0) is 48.7 Å². The van der Waals surface area contributed by atoms with Gasteiger partial charge in [-0.2, -0.15) is 0 Å². The quantitative estimate of drug-likeness (QED) is 0.699. The van der Waals surface area contributed by atoms with E-state index in [1.807, 2.05) is 61.5 Å². The van der Waals surface area contributed by atoms with Crippen molar-refractivity contribution in [1.29, 1.82) is 0 Å². The highest BCUT2D eigenvalue weighted by molar-refractivity contribution is 5.89. The average Bonchev–Trinajstić information content (AvgIpc) is 2.72. The third kappa shape index (κ3) is 3.81. The van der Waals surface area contributed by atoms with Gasteiger partial charge < -0.3 is 15.0 Å². The van der Waals surface area contributed by atoms with Crippen molar-refractivity contribution in [2.24, 2.45) is 0 Å². The largest absolute Gasteiger partial charge is 0.465 e. The highest BCUT2D eigenvalue weighted by Gasteiger charge is 2.20. The number of benzene rings is 2. The van der Waals surface area contributed by atoms with Crippen molar-refractivity contribution in [3.8, 4) is 0 Å². The summed E-state index contributed by atoms with van der Waals surface area (Å²) in [6.45, 7) is 3.48. The molecule has 0 unspecified atom stereocenters. The molecule has 0 radical (unpaired) electrons. The predicted molar refractivity (Wildman–Crippen MR) is 109 cm³/mol. The van der Waals surface area contributed by atoms with Gasteiger partial charge in [0.2, 0.25) is 0 Å². The van der Waals surface area contributed by atoms with E-state index in [1.165, 1.54) is 18.2 Å². The van der Waals surface area contributed by atoms with Crippen molar-refractivity contribution in [2.45, 2.75) is 19.9 Å². The Kier molecular flexibility index (Phi) is 4.93. The van der Waals surface area contributed by atoms with Crippen LogP contribution in [0.5, 0.6) is 0 Å². The van der Waals surface area contributed by atoms with Gasteiger partial charge in [0.25, 0.3) is 0 Å². The van der Waals surface area contributed by atoms with Gasteiger partial charge in [-0.25, -0.2) is 14.8 Å². The summed E-state index contributed by atoms with van der Waals surface area (Å²) in [5.74, 6) is 2.10. The molecule has 0 atom stereocenters. The molecule has 28 heavy (non-hydrogen) atoms. The standard InChI is InChI=1S/C22H22N4O2/c1-15-23-20(25-19-6-4-3-5-7-19)13-21(24-15)26-11-10-16-12-17(22(27)28-2)8-9-18(16)14-26/h3-9,12-13H,10-11,14H2,1-2H3,(H,23,24,25). The number of nitrogens with one attached hydrogen (secondary N) is 1. The number of esters is 1. The summed E-state index contributed by atoms with van der Waals surface area (Å²) >= 11 is 0. The Bertz CT molecular complexity index is 1000. The third-order valence-corrected chi connectivity index (χ3v) is 4.83. The van der Waals surface area contributed by atoms with Crippen molar-refractivity contribution in [2.75, 3.05) is 23.9 Å². The molecule has 3 aromatic rings. The maximum Gasteiger partial charge on any atom is 0.337 e. The summed E-state index contributed by atoms with van der Waals surface area (Å²) in [5, 5.41) is 3.34. The number of para-hydroxylation sites is 1. The molecule has 6 heteroatoms. The number of aryl methyl sites for hydroxylation is 1. The SMILES string of the molecule is COC(=O)c1ccc2c(c1)CCN(c1cc(Nc3ccccc3)nc(C)n1)C2. The van der Waals surface area contributed by atoms with E-state index in [4.69, 9.17) is 4.74 Å². The number of ether oxygens (including phenoxy) is 1. The van der Waals surface area contributed by atoms with Gasteiger partial charge >= 0.3 is 5.97 Å². The summed E-state index contributed by atoms with van der Waals surface area (Å²) in [6.07, 6.45) is 0.852. The lowest BCUT2D eigenvalue weighted by Crippen LogP contribution is -2.31. The maximum atomic E-state index is 11.8. The Morgan fingerprint density at radius 2 is 1.89 bits per heavy atom. The second kappa shape index (κ2) is 7.68. The fourth-order valence-corrected chi connectivity index (χ4v) is 3.44. The number of carbonyl (C=O) groups excluding carboxylic acids is 1. The molecule has 4 rings (SSSR count). The van der Waals surface area contributed by atoms with E-state index < -0.39 is 0 Å². The van der Waals surface area contributed by atoms with Gasteiger partial charge in [-0.15, -0.1) is 0 Å². The Morgan fingerprint density at radius 1 is 1.07 bits per heavy atom. The molecule has 0 saturated carbocycles. The molecule has 1 N–H and O–H groups in total. The minimum atomic E-state index is -0.298. The highest BCUT2D eigenvalue weighted by Crippen LogP contribution is 2.26. The Hall–Kier alpha value is -3.41. The summed E-state index contributed by atoms with van der Waals surface area (Å²) in [7, 11) is 1.40. The molecule has 0 amide bonds. The van der Waals surface area contributed by atoms with Crippen molar-refractivity contribution < 1.29 is 9.53 Å². The number of carbonyl (C=O) groups is 1. The average molecular weight is 374 g/mol. The van der Waals surface area contributed by atoms with Gasteiger partial charge in [0.15, 0.2) is 0 Å². The first-order chi connectivity index (χ1) is 13.6. The topological polar surface area (TPSA) is 67.3 Å². The highest BCUT2D eigenvalue weighted by atomic mass is 16.5. The molecule has 0 aliphatic carbocycles. The molecule has 6 nitrogen and oxygen atoms in total. The van der Waals surface area contributed by atoms with Crippen LogP contribution in [0.4, 0.5) is 17.3 Å². The molecular weight excluding hydrogens is 352 g/mol. The van der Waals surface area contributed by atoms with Gasteiger partial charge in [0, 0.05) is 24.8 Å². The molecule has 2 heterocycles. The summed E-state index contributed by atoms with van der Waals surface area (Å²) in [5.41, 5.74) is 3.98. The zero-order valence-electron chi connectivity index (χ0n) is 16.0. The molecule has 1 aromatic heterocycles. The number of rotatable bonds is 4. The molecular formula is C22H22N4O2. The Morgan fingerprint density at radius 3 is 2.68 bits per heavy atom. The van der Waals surface area contributed by atoms with E-state index in [9.17, 15) is 4.79 Å². The first kappa shape index (κ1) is 18.0. The minimum absolute atomic E-state index is 0.298. The fraction of sp³-hybridized carbons (Fsp3) is 0.227. The summed E-state index contributed by atoms with van der Waals surface area (Å²) < 4.78 is 4.82. The van der Waals surface area contributed by atoms with E-state index in [2.05, 4.69) is 20.2 Å². The second-order valence-electron chi connectivity index (χ2n) is 6.80. The first-order valence-corrected chi connectivity index (χ1v) is 9.25. The summed E-state index contributed by atoms with van der Waals surface area (Å²) in [4.78, 5) is 23.1. The number of hydrogen-bond acceptors (Lipinski definition) is 6. The maximum absolute atomic E-state index is 11.8. The second-order valence-corrected chi connectivity index (χ2v) is 6.80. The van der Waals surface area contributed by atoms with Gasteiger partial charge in [0.1, 0.15) is 17.5 Å². The zero-order valence-corrected chi connectivity index (χ0v) is 16.0. The lowest BCUT2D eigenvalue weighted by atomic mass is 9.97. The van der Waals surface area contributed by atoms with E-state index in [1.54, 1.807) is 0 Å². The van der Waals surface area contributed by atoms with Crippen LogP contribution in [0, 0.1) is 6.92 Å². The van der Waals surface area contributed by atoms with Crippen LogP contribution in [0.3, 0.4) is 0 Å². The van der Waals surface area contributed by atoms with Crippen molar-refractivity contribution in [3.63, 3.8) is 0 Å². The van der Waals surface area contributed by atoms with Gasteiger partial charge in [-0.3, -0.25) is 0 Å². The van der Waals surface area contributed by atoms with Crippen LogP contribution in [-0.2, 0) is 17.7 Å². The molecule has 0 fully saturated rings. The molecule has 0 bridgehead atoms. The fourth-order valence-electron chi connectivity index (χ4n) is 3.44. The number of anilines is 3. The molecule has 2 aromatic carbocycles. The predicted octanol–water partition coefficient (Wildman–Crippen LogP) is 3.88. The van der Waals surface area contributed by atoms with Crippen molar-refractivity contribution >= 4 is 23.3 Å². The number of hydrogen-bond donors (Lipinski definition) is 1. The molecule has 1 aliphatic rings. The van der Waals surface area contributed by atoms with Crippen molar-refractivity contribution in [1.82, 2.24) is 9.97 Å². The molecule has 0 saturated heterocycles. The zero-order chi connectivity index (χ0) is 19.5. The van der Waals surface area contributed by atoms with E-state index in [-0.39, 0.29) is 5.97 Å². The Balaban J connectivity index is 1.56. The van der Waals surface area contributed by atoms with Crippen molar-refractivity contribution in [3.05, 3.63) is 77.1 Å². The monoisotopic (exact) mass is 374 g/mol. The van der Waals surface area contributed by atoms with Crippen LogP contribution in [0.1, 0.15) is 27.3 Å². The third-order valence-electron chi connectivity index (χ3n) is 4.83. The number of aromatic nitrogens is 2. The van der Waals surface area contributed by atoms with Crippen LogP contribution in [-0.4, -0.2) is 29.6 Å². The number of fused-ring (bicyclic) bond motifs is 1. The van der Waals surface area contributed by atoms with Gasteiger partial charge in [0.05, 0.1) is 12.7 Å². The van der Waals surface area contributed by atoms with E-state index >= 15 is 0 Å². The smallest absolute Gasteiger partial charge is 0.337 e. The van der Waals surface area contributed by atoms with Crippen LogP contribution in [0.15, 0.2) is 54.6 Å². The minimum Gasteiger partial charge on any atom is -0.465 e. The van der Waals surface area contributed by atoms with Crippen LogP contribution >= 0.6 is 0 Å². The van der Waals surface area contributed by atoms with E-state index in [0.717, 1.165) is 42.7 Å². The van der Waals surface area contributed by atoms with Crippen LogP contribution < -0.4 is 10.2 Å². The van der Waals surface area contributed by atoms with Crippen LogP contribution in [0.2, 0.25) is 0 Å². The number of methoxy groups -OCH3 is 1. The van der Waals surface area contributed by atoms with Crippen LogP contribution in [0.25, 0.3) is 0 Å². The molecule has 0 spiro atoms. The normalized spacial score (nSPS) is 13.0. The Labute approximate surface area is 164 Å². The van der Waals surface area contributed by atoms with Gasteiger partial charge in [-0.1, -0.05) is 24.3 Å². The molecule has 1 aliphatic heterocycles. The lowest BCUT2D eigenvalue weighted by Gasteiger charge is -2.30. The first-order valence-electron chi connectivity index (χ1n) is 9.25.